The van der Waals surface area contributed by atoms with Gasteiger partial charge in [-0.25, -0.2) is 8.78 Å². The molecule has 3 N–H and O–H groups in total. The highest BCUT2D eigenvalue weighted by Gasteiger charge is 2.50. The van der Waals surface area contributed by atoms with Crippen LogP contribution >= 0.6 is 0 Å². The maximum Gasteiger partial charge on any atom is 0.257 e. The maximum absolute atomic E-state index is 13.1. The molecule has 0 amide bonds. The van der Waals surface area contributed by atoms with Gasteiger partial charge in [-0.1, -0.05) is 6.92 Å². The van der Waals surface area contributed by atoms with Gasteiger partial charge in [-0.2, -0.15) is 0 Å². The lowest BCUT2D eigenvalue weighted by molar-refractivity contribution is -0.128. The molecule has 0 spiro atoms. The van der Waals surface area contributed by atoms with Crippen LogP contribution in [0.4, 0.5) is 8.78 Å². The third-order valence-electron chi connectivity index (χ3n) is 2.46. The van der Waals surface area contributed by atoms with Crippen molar-refractivity contribution >= 4 is 0 Å². The lowest BCUT2D eigenvalue weighted by Gasteiger charge is -2.40. The Morgan fingerprint density at radius 1 is 1.55 bits per heavy atom. The number of alkyl halides is 2. The lowest BCUT2D eigenvalue weighted by atomic mass is 9.79. The molecule has 0 aromatic carbocycles. The fourth-order valence-electron chi connectivity index (χ4n) is 1.26. The number of hydrogen-bond donors (Lipinski definition) is 2. The van der Waals surface area contributed by atoms with Crippen molar-refractivity contribution in [2.45, 2.75) is 19.3 Å². The molecule has 1 fully saturated rings. The van der Waals surface area contributed by atoms with Crippen LogP contribution < -0.4 is 11.1 Å². The molecule has 11 heavy (non-hydrogen) atoms. The minimum absolute atomic E-state index is 0.0347. The van der Waals surface area contributed by atoms with Crippen LogP contribution in [0, 0.1) is 5.41 Å². The van der Waals surface area contributed by atoms with Gasteiger partial charge in [0, 0.05) is 26.1 Å². The highest BCUT2D eigenvalue weighted by molar-refractivity contribution is 4.95. The zero-order valence-electron chi connectivity index (χ0n) is 6.66. The van der Waals surface area contributed by atoms with Crippen molar-refractivity contribution in [1.82, 2.24) is 5.32 Å². The van der Waals surface area contributed by atoms with E-state index < -0.39 is 11.3 Å². The van der Waals surface area contributed by atoms with Crippen LogP contribution in [-0.2, 0) is 0 Å². The van der Waals surface area contributed by atoms with Crippen LogP contribution in [0.25, 0.3) is 0 Å². The topological polar surface area (TPSA) is 38.0 Å². The molecular weight excluding hydrogens is 150 g/mol. The molecule has 1 heterocycles. The average molecular weight is 164 g/mol. The largest absolute Gasteiger partial charge is 0.330 e. The van der Waals surface area contributed by atoms with Crippen LogP contribution in [0.1, 0.15) is 13.3 Å². The third-order valence-corrected chi connectivity index (χ3v) is 2.46. The van der Waals surface area contributed by atoms with Gasteiger partial charge in [-0.15, -0.1) is 0 Å². The van der Waals surface area contributed by atoms with Crippen LogP contribution in [0.2, 0.25) is 0 Å². The summed E-state index contributed by atoms with van der Waals surface area (Å²) in [6, 6.07) is 0. The van der Waals surface area contributed by atoms with E-state index in [1.165, 1.54) is 6.92 Å². The van der Waals surface area contributed by atoms with E-state index in [-0.39, 0.29) is 13.0 Å². The second kappa shape index (κ2) is 2.68. The van der Waals surface area contributed by atoms with Crippen LogP contribution in [0.15, 0.2) is 0 Å². The molecule has 0 saturated carbocycles. The van der Waals surface area contributed by atoms with Gasteiger partial charge in [0.2, 0.25) is 0 Å². The Morgan fingerprint density at radius 2 is 2.18 bits per heavy atom. The molecule has 0 bridgehead atoms. The van der Waals surface area contributed by atoms with Gasteiger partial charge in [-0.05, 0) is 0 Å². The Labute approximate surface area is 65.1 Å². The molecule has 1 aliphatic heterocycles. The lowest BCUT2D eigenvalue weighted by Crippen LogP contribution is -2.56. The molecule has 4 heteroatoms. The second-order valence-electron chi connectivity index (χ2n) is 3.40. The second-order valence-corrected chi connectivity index (χ2v) is 3.40. The Balaban J connectivity index is 2.74. The van der Waals surface area contributed by atoms with E-state index in [9.17, 15) is 8.78 Å². The zero-order valence-corrected chi connectivity index (χ0v) is 6.66. The summed E-state index contributed by atoms with van der Waals surface area (Å²) in [5.74, 6) is -2.60. The van der Waals surface area contributed by atoms with Crippen molar-refractivity contribution in [2.24, 2.45) is 11.1 Å². The smallest absolute Gasteiger partial charge is 0.257 e. The first-order valence-corrected chi connectivity index (χ1v) is 3.80. The number of rotatable bonds is 1. The number of piperidine rings is 1. The predicted octanol–water partition coefficient (Wildman–Crippen LogP) is 0.580. The number of nitrogens with two attached hydrogens (primary N) is 1. The summed E-state index contributed by atoms with van der Waals surface area (Å²) in [5.41, 5.74) is 4.24. The quantitative estimate of drug-likeness (QED) is 0.595. The fraction of sp³-hybridized carbons (Fsp3) is 1.00. The summed E-state index contributed by atoms with van der Waals surface area (Å²) >= 11 is 0. The van der Waals surface area contributed by atoms with Crippen molar-refractivity contribution in [2.75, 3.05) is 19.6 Å². The minimum atomic E-state index is -2.60. The van der Waals surface area contributed by atoms with Crippen molar-refractivity contribution in [3.8, 4) is 0 Å². The van der Waals surface area contributed by atoms with E-state index >= 15 is 0 Å². The molecule has 0 aliphatic carbocycles. The van der Waals surface area contributed by atoms with E-state index in [1.807, 2.05) is 0 Å². The molecule has 0 aromatic rings. The van der Waals surface area contributed by atoms with Gasteiger partial charge >= 0.3 is 0 Å². The summed E-state index contributed by atoms with van der Waals surface area (Å²) in [7, 11) is 0. The normalized spacial score (nSPS) is 37.1. The first kappa shape index (κ1) is 8.87. The average Bonchev–Trinajstić information content (AvgIpc) is 1.95. The Kier molecular flexibility index (Phi) is 2.16. The van der Waals surface area contributed by atoms with Gasteiger partial charge < -0.3 is 11.1 Å². The van der Waals surface area contributed by atoms with Gasteiger partial charge in [0.25, 0.3) is 5.92 Å². The third kappa shape index (κ3) is 1.37. The van der Waals surface area contributed by atoms with Crippen molar-refractivity contribution in [3.63, 3.8) is 0 Å². The van der Waals surface area contributed by atoms with Gasteiger partial charge in [0.05, 0.1) is 5.41 Å². The van der Waals surface area contributed by atoms with Crippen molar-refractivity contribution in [1.29, 1.82) is 0 Å². The molecule has 1 aliphatic rings. The zero-order chi connectivity index (χ0) is 8.54. The van der Waals surface area contributed by atoms with E-state index in [1.54, 1.807) is 0 Å². The molecule has 2 nitrogen and oxygen atoms in total. The van der Waals surface area contributed by atoms with E-state index in [4.69, 9.17) is 5.73 Å². The number of nitrogens with one attached hydrogen (secondary N) is 1. The molecule has 1 unspecified atom stereocenters. The Bertz CT molecular complexity index is 149. The summed E-state index contributed by atoms with van der Waals surface area (Å²) < 4.78 is 26.3. The van der Waals surface area contributed by atoms with E-state index in [2.05, 4.69) is 5.32 Å². The molecule has 1 saturated heterocycles. The monoisotopic (exact) mass is 164 g/mol. The maximum atomic E-state index is 13.1. The fourth-order valence-corrected chi connectivity index (χ4v) is 1.26. The highest BCUT2D eigenvalue weighted by atomic mass is 19.3. The molecule has 66 valence electrons. The first-order valence-electron chi connectivity index (χ1n) is 3.80. The standard InChI is InChI=1S/C7H14F2N2/c1-6(4-10)5-11-3-2-7(6,8)9/h11H,2-5,10H2,1H3. The minimum Gasteiger partial charge on any atom is -0.330 e. The van der Waals surface area contributed by atoms with Crippen LogP contribution in [0.3, 0.4) is 0 Å². The summed E-state index contributed by atoms with van der Waals surface area (Å²) in [4.78, 5) is 0. The molecule has 1 atom stereocenters. The van der Waals surface area contributed by atoms with Gasteiger partial charge in [0.15, 0.2) is 0 Å². The number of halogens is 2. The predicted molar refractivity (Wildman–Crippen MR) is 39.6 cm³/mol. The SMILES string of the molecule is CC1(CN)CNCCC1(F)F. The Hall–Kier alpha value is -0.220. The summed E-state index contributed by atoms with van der Waals surface area (Å²) in [5, 5.41) is 2.92. The van der Waals surface area contributed by atoms with E-state index in [0.717, 1.165) is 0 Å². The highest BCUT2D eigenvalue weighted by Crippen LogP contribution is 2.39. The first-order chi connectivity index (χ1) is 5.02. The Morgan fingerprint density at radius 3 is 2.55 bits per heavy atom. The van der Waals surface area contributed by atoms with Gasteiger partial charge in [0.1, 0.15) is 0 Å². The number of hydrogen-bond acceptors (Lipinski definition) is 2. The molecular formula is C7H14F2N2. The molecule has 0 aromatic heterocycles. The summed E-state index contributed by atoms with van der Waals surface area (Å²) in [6.07, 6.45) is -0.0965. The van der Waals surface area contributed by atoms with Crippen molar-refractivity contribution in [3.05, 3.63) is 0 Å². The van der Waals surface area contributed by atoms with E-state index in [0.29, 0.717) is 13.1 Å². The molecule has 0 radical (unpaired) electrons. The molecule has 1 rings (SSSR count). The summed E-state index contributed by atoms with van der Waals surface area (Å²) in [6.45, 7) is 2.27. The van der Waals surface area contributed by atoms with Crippen molar-refractivity contribution < 1.29 is 8.78 Å². The van der Waals surface area contributed by atoms with Gasteiger partial charge in [-0.3, -0.25) is 0 Å². The van der Waals surface area contributed by atoms with Crippen LogP contribution in [-0.4, -0.2) is 25.6 Å². The van der Waals surface area contributed by atoms with Crippen LogP contribution in [0.5, 0.6) is 0 Å².